The van der Waals surface area contributed by atoms with Gasteiger partial charge in [-0.1, -0.05) is 25.1 Å². The quantitative estimate of drug-likeness (QED) is 0.502. The summed E-state index contributed by atoms with van der Waals surface area (Å²) in [4.78, 5) is 22.9. The zero-order valence-electron chi connectivity index (χ0n) is 14.2. The van der Waals surface area contributed by atoms with Crippen LogP contribution in [-0.4, -0.2) is 17.6 Å². The Morgan fingerprint density at radius 3 is 2.92 bits per heavy atom. The third kappa shape index (κ3) is 3.89. The number of ether oxygens (including phenoxy) is 2. The first-order valence-electron chi connectivity index (χ1n) is 8.17. The van der Waals surface area contributed by atoms with Crippen LogP contribution >= 0.6 is 0 Å². The van der Waals surface area contributed by atoms with Crippen LogP contribution in [0.2, 0.25) is 0 Å². The summed E-state index contributed by atoms with van der Waals surface area (Å²) >= 11 is 0. The van der Waals surface area contributed by atoms with Crippen molar-refractivity contribution in [2.45, 2.75) is 20.0 Å². The van der Waals surface area contributed by atoms with Gasteiger partial charge >= 0.3 is 0 Å². The molecule has 0 spiro atoms. The number of carbonyl (C=O) groups excluding carboxylic acids is 1. The van der Waals surface area contributed by atoms with Gasteiger partial charge in [0, 0.05) is 35.0 Å². The topological polar surface area (TPSA) is 90.7 Å². The molecule has 134 valence electrons. The average molecular weight is 354 g/mol. The Bertz CT molecular complexity index is 876. The number of para-hydroxylation sites is 1. The molecule has 0 aromatic heterocycles. The third-order valence-electron chi connectivity index (χ3n) is 4.00. The van der Waals surface area contributed by atoms with Crippen molar-refractivity contribution in [3.8, 4) is 5.75 Å². The van der Waals surface area contributed by atoms with Crippen molar-refractivity contribution < 1.29 is 19.2 Å². The minimum atomic E-state index is -0.482. The van der Waals surface area contributed by atoms with E-state index in [1.54, 1.807) is 0 Å². The van der Waals surface area contributed by atoms with Gasteiger partial charge in [0.15, 0.2) is 6.79 Å². The molecule has 0 saturated heterocycles. The van der Waals surface area contributed by atoms with Crippen LogP contribution in [0.25, 0.3) is 6.08 Å². The summed E-state index contributed by atoms with van der Waals surface area (Å²) in [5.74, 6) is 0.179. The average Bonchev–Trinajstić information content (AvgIpc) is 2.66. The van der Waals surface area contributed by atoms with Crippen molar-refractivity contribution in [1.82, 2.24) is 0 Å². The molecule has 1 aliphatic rings. The van der Waals surface area contributed by atoms with Crippen molar-refractivity contribution >= 4 is 23.4 Å². The van der Waals surface area contributed by atoms with Gasteiger partial charge in [-0.05, 0) is 24.1 Å². The highest BCUT2D eigenvalue weighted by molar-refractivity contribution is 6.02. The maximum atomic E-state index is 12.2. The number of nitro groups is 1. The van der Waals surface area contributed by atoms with E-state index in [1.807, 2.05) is 31.2 Å². The van der Waals surface area contributed by atoms with Crippen LogP contribution in [0.4, 0.5) is 11.4 Å². The fourth-order valence-electron chi connectivity index (χ4n) is 2.75. The predicted molar refractivity (Wildman–Crippen MR) is 96.9 cm³/mol. The van der Waals surface area contributed by atoms with Gasteiger partial charge in [-0.25, -0.2) is 0 Å². The number of aryl methyl sites for hydroxylation is 1. The van der Waals surface area contributed by atoms with E-state index in [-0.39, 0.29) is 25.0 Å². The van der Waals surface area contributed by atoms with E-state index in [4.69, 9.17) is 9.47 Å². The molecule has 1 amide bonds. The molecule has 0 aliphatic carbocycles. The lowest BCUT2D eigenvalue weighted by Gasteiger charge is -2.19. The molecule has 0 atom stereocenters. The van der Waals surface area contributed by atoms with Crippen molar-refractivity contribution in [2.75, 3.05) is 12.1 Å². The molecular weight excluding hydrogens is 336 g/mol. The number of nitrogens with zero attached hydrogens (tertiary/aromatic N) is 1. The Balaban J connectivity index is 1.84. The summed E-state index contributed by atoms with van der Waals surface area (Å²) in [5.41, 5.74) is 2.75. The molecule has 2 aromatic rings. The van der Waals surface area contributed by atoms with Gasteiger partial charge in [0.2, 0.25) is 5.91 Å². The number of nitrogens with one attached hydrogen (secondary N) is 1. The number of hydrogen-bond acceptors (Lipinski definition) is 5. The lowest BCUT2D eigenvalue weighted by molar-refractivity contribution is -0.385. The third-order valence-corrected chi connectivity index (χ3v) is 4.00. The molecule has 0 saturated carbocycles. The molecular formula is C19H18N2O5. The van der Waals surface area contributed by atoms with E-state index in [0.29, 0.717) is 16.9 Å². The summed E-state index contributed by atoms with van der Waals surface area (Å²) < 4.78 is 10.6. The number of rotatable bonds is 5. The molecule has 1 heterocycles. The molecule has 0 unspecified atom stereocenters. The van der Waals surface area contributed by atoms with E-state index in [0.717, 1.165) is 17.7 Å². The Kier molecular flexibility index (Phi) is 5.28. The second kappa shape index (κ2) is 7.79. The lowest BCUT2D eigenvalue weighted by atomic mass is 10.1. The summed E-state index contributed by atoms with van der Waals surface area (Å²) in [6.07, 6.45) is 3.65. The van der Waals surface area contributed by atoms with Crippen molar-refractivity contribution in [1.29, 1.82) is 0 Å². The second-order valence-corrected chi connectivity index (χ2v) is 5.72. The zero-order chi connectivity index (χ0) is 18.5. The van der Waals surface area contributed by atoms with Crippen LogP contribution in [0.1, 0.15) is 23.6 Å². The Morgan fingerprint density at radius 1 is 1.35 bits per heavy atom. The first-order valence-corrected chi connectivity index (χ1v) is 8.17. The van der Waals surface area contributed by atoms with Crippen LogP contribution in [0, 0.1) is 10.1 Å². The second-order valence-electron chi connectivity index (χ2n) is 5.72. The van der Waals surface area contributed by atoms with Crippen LogP contribution in [-0.2, 0) is 22.6 Å². The van der Waals surface area contributed by atoms with E-state index in [1.165, 1.54) is 24.3 Å². The Hall–Kier alpha value is -3.19. The molecule has 7 heteroatoms. The van der Waals surface area contributed by atoms with Crippen LogP contribution in [0.3, 0.4) is 0 Å². The minimum Gasteiger partial charge on any atom is -0.467 e. The molecule has 2 aromatic carbocycles. The minimum absolute atomic E-state index is 0.0712. The highest BCUT2D eigenvalue weighted by Gasteiger charge is 2.19. The lowest BCUT2D eigenvalue weighted by Crippen LogP contribution is -2.13. The van der Waals surface area contributed by atoms with Gasteiger partial charge in [-0.15, -0.1) is 0 Å². The van der Waals surface area contributed by atoms with Gasteiger partial charge in [0.05, 0.1) is 11.5 Å². The highest BCUT2D eigenvalue weighted by atomic mass is 16.7. The van der Waals surface area contributed by atoms with E-state index < -0.39 is 4.92 Å². The number of hydrogen-bond donors (Lipinski definition) is 1. The van der Waals surface area contributed by atoms with E-state index >= 15 is 0 Å². The molecule has 0 bridgehead atoms. The highest BCUT2D eigenvalue weighted by Crippen LogP contribution is 2.33. The molecule has 0 radical (unpaired) electrons. The summed E-state index contributed by atoms with van der Waals surface area (Å²) in [6.45, 7) is 2.31. The van der Waals surface area contributed by atoms with E-state index in [9.17, 15) is 14.9 Å². The first kappa shape index (κ1) is 17.6. The maximum Gasteiger partial charge on any atom is 0.270 e. The largest absolute Gasteiger partial charge is 0.467 e. The van der Waals surface area contributed by atoms with Crippen molar-refractivity contribution in [3.63, 3.8) is 0 Å². The smallest absolute Gasteiger partial charge is 0.270 e. The van der Waals surface area contributed by atoms with E-state index in [2.05, 4.69) is 5.32 Å². The summed E-state index contributed by atoms with van der Waals surface area (Å²) in [7, 11) is 0. The Morgan fingerprint density at radius 2 is 2.15 bits per heavy atom. The van der Waals surface area contributed by atoms with Gasteiger partial charge in [-0.3, -0.25) is 14.9 Å². The first-order chi connectivity index (χ1) is 12.6. The molecule has 1 aliphatic heterocycles. The fraction of sp³-hybridized carbons (Fsp3) is 0.211. The fourth-order valence-corrected chi connectivity index (χ4v) is 2.75. The predicted octanol–water partition coefficient (Wildman–Crippen LogP) is 3.68. The van der Waals surface area contributed by atoms with Crippen LogP contribution in [0.5, 0.6) is 5.75 Å². The van der Waals surface area contributed by atoms with Gasteiger partial charge < -0.3 is 14.8 Å². The maximum absolute atomic E-state index is 12.2. The summed E-state index contributed by atoms with van der Waals surface area (Å²) in [6, 6.07) is 10.4. The number of non-ortho nitro benzene ring substituents is 1. The van der Waals surface area contributed by atoms with Crippen LogP contribution in [0.15, 0.2) is 42.5 Å². The molecule has 26 heavy (non-hydrogen) atoms. The van der Waals surface area contributed by atoms with Crippen LogP contribution < -0.4 is 10.1 Å². The molecule has 3 rings (SSSR count). The molecule has 1 N–H and O–H groups in total. The standard InChI is InChI=1S/C19H18N2O5/c1-2-13-5-3-4-6-17(13)20-18(22)8-7-14-9-16(21(23)24)10-15-11-25-12-26-19(14)15/h3-10H,2,11-12H2,1H3,(H,20,22). The van der Waals surface area contributed by atoms with Gasteiger partial charge in [0.25, 0.3) is 5.69 Å². The Labute approximate surface area is 150 Å². The normalized spacial score (nSPS) is 13.1. The van der Waals surface area contributed by atoms with Crippen molar-refractivity contribution in [3.05, 3.63) is 69.3 Å². The van der Waals surface area contributed by atoms with Gasteiger partial charge in [-0.2, -0.15) is 0 Å². The number of anilines is 1. The monoisotopic (exact) mass is 354 g/mol. The number of benzene rings is 2. The SMILES string of the molecule is CCc1ccccc1NC(=O)C=Cc1cc([N+](=O)[O-])cc2c1OCOC2. The van der Waals surface area contributed by atoms with Crippen molar-refractivity contribution in [2.24, 2.45) is 0 Å². The number of carbonyl (C=O) groups is 1. The molecule has 0 fully saturated rings. The zero-order valence-corrected chi connectivity index (χ0v) is 14.2. The van der Waals surface area contributed by atoms with Gasteiger partial charge in [0.1, 0.15) is 5.75 Å². The summed E-state index contributed by atoms with van der Waals surface area (Å²) in [5, 5.41) is 13.9. The number of fused-ring (bicyclic) bond motifs is 1. The molecule has 7 nitrogen and oxygen atoms in total. The number of nitro benzene ring substituents is 1. The number of amides is 1.